The standard InChI is InChI=1S/C28H23ClF3N7O2/c1-17(19-6-10-22(29)11-7-19)24-14-25(20-8-12-23(13-9-20)41-28(30,31)32)39(36-24)16-18-2-4-21(5-3-18)27(40)33-15-26-34-37-38-35-26/h2-14,17H,15-16H2,1H3,(H,33,40)(H,34,35,37,38). The van der Waals surface area contributed by atoms with Crippen molar-refractivity contribution in [3.05, 3.63) is 112 Å². The summed E-state index contributed by atoms with van der Waals surface area (Å²) in [5.41, 5.74) is 4.48. The number of hydrogen-bond acceptors (Lipinski definition) is 6. The van der Waals surface area contributed by atoms with Gasteiger partial charge >= 0.3 is 6.36 Å². The molecule has 9 nitrogen and oxygen atoms in total. The number of rotatable bonds is 9. The second-order valence-electron chi connectivity index (χ2n) is 9.17. The molecule has 1 unspecified atom stereocenters. The molecule has 0 saturated heterocycles. The highest BCUT2D eigenvalue weighted by Gasteiger charge is 2.31. The van der Waals surface area contributed by atoms with Crippen LogP contribution in [0.1, 0.15) is 45.8 Å². The average Bonchev–Trinajstić information content (AvgIpc) is 3.62. The molecule has 41 heavy (non-hydrogen) atoms. The van der Waals surface area contributed by atoms with Gasteiger partial charge in [-0.1, -0.05) is 48.0 Å². The van der Waals surface area contributed by atoms with Crippen LogP contribution in [0, 0.1) is 0 Å². The Kier molecular flexibility index (Phi) is 8.02. The average molecular weight is 582 g/mol. The molecule has 0 saturated carbocycles. The lowest BCUT2D eigenvalue weighted by molar-refractivity contribution is -0.274. The van der Waals surface area contributed by atoms with E-state index in [0.717, 1.165) is 16.8 Å². The van der Waals surface area contributed by atoms with E-state index in [1.165, 1.54) is 12.1 Å². The summed E-state index contributed by atoms with van der Waals surface area (Å²) in [4.78, 5) is 12.5. The van der Waals surface area contributed by atoms with Crippen molar-refractivity contribution in [3.63, 3.8) is 0 Å². The Bertz CT molecular complexity index is 1600. The first-order valence-corrected chi connectivity index (χ1v) is 12.8. The number of ether oxygens (including phenoxy) is 1. The molecule has 3 aromatic carbocycles. The molecule has 1 atom stereocenters. The van der Waals surface area contributed by atoms with Gasteiger partial charge in [-0.15, -0.1) is 23.4 Å². The van der Waals surface area contributed by atoms with Crippen LogP contribution in [0.5, 0.6) is 5.75 Å². The number of H-pyrrole nitrogens is 1. The Labute approximate surface area is 237 Å². The Hall–Kier alpha value is -4.71. The van der Waals surface area contributed by atoms with Crippen LogP contribution < -0.4 is 10.1 Å². The first-order chi connectivity index (χ1) is 19.6. The molecule has 0 fully saturated rings. The van der Waals surface area contributed by atoms with Crippen molar-refractivity contribution in [2.45, 2.75) is 32.3 Å². The van der Waals surface area contributed by atoms with Crippen LogP contribution in [0.15, 0.2) is 78.9 Å². The van der Waals surface area contributed by atoms with E-state index in [-0.39, 0.29) is 24.1 Å². The number of tetrazole rings is 1. The number of aromatic amines is 1. The largest absolute Gasteiger partial charge is 0.573 e. The minimum absolute atomic E-state index is 0.0784. The van der Waals surface area contributed by atoms with Crippen LogP contribution in [0.25, 0.3) is 11.3 Å². The molecule has 5 aromatic rings. The number of nitrogens with one attached hydrogen (secondary N) is 2. The summed E-state index contributed by atoms with van der Waals surface area (Å²) < 4.78 is 43.8. The zero-order valence-corrected chi connectivity index (χ0v) is 22.3. The lowest BCUT2D eigenvalue weighted by atomic mass is 9.97. The number of hydrogen-bond donors (Lipinski definition) is 2. The van der Waals surface area contributed by atoms with Crippen LogP contribution in [-0.4, -0.2) is 42.7 Å². The number of amides is 1. The Balaban J connectivity index is 1.39. The molecule has 2 aromatic heterocycles. The maximum atomic E-state index is 12.7. The van der Waals surface area contributed by atoms with E-state index >= 15 is 0 Å². The third-order valence-corrected chi connectivity index (χ3v) is 6.59. The lowest BCUT2D eigenvalue weighted by Crippen LogP contribution is -2.23. The van der Waals surface area contributed by atoms with Crippen molar-refractivity contribution in [3.8, 4) is 17.0 Å². The van der Waals surface area contributed by atoms with E-state index < -0.39 is 6.36 Å². The van der Waals surface area contributed by atoms with Crippen molar-refractivity contribution in [1.29, 1.82) is 0 Å². The Morgan fingerprint density at radius 1 is 1.05 bits per heavy atom. The van der Waals surface area contributed by atoms with Gasteiger partial charge in [0.05, 0.1) is 24.5 Å². The van der Waals surface area contributed by atoms with Gasteiger partial charge < -0.3 is 10.1 Å². The van der Waals surface area contributed by atoms with Gasteiger partial charge in [0, 0.05) is 22.1 Å². The zero-order chi connectivity index (χ0) is 29.0. The molecule has 0 spiro atoms. The van der Waals surface area contributed by atoms with E-state index in [1.807, 2.05) is 49.4 Å². The summed E-state index contributed by atoms with van der Waals surface area (Å²) in [5, 5.41) is 21.6. The molecule has 2 heterocycles. The van der Waals surface area contributed by atoms with Gasteiger partial charge in [-0.3, -0.25) is 9.48 Å². The van der Waals surface area contributed by atoms with E-state index in [4.69, 9.17) is 16.7 Å². The maximum absolute atomic E-state index is 12.7. The van der Waals surface area contributed by atoms with Gasteiger partial charge in [-0.05, 0) is 65.7 Å². The van der Waals surface area contributed by atoms with Crippen LogP contribution >= 0.6 is 11.6 Å². The fourth-order valence-corrected chi connectivity index (χ4v) is 4.33. The van der Waals surface area contributed by atoms with Gasteiger partial charge in [-0.2, -0.15) is 10.3 Å². The number of alkyl halides is 3. The number of nitrogens with zero attached hydrogens (tertiary/aromatic N) is 5. The predicted molar refractivity (Wildman–Crippen MR) is 144 cm³/mol. The molecule has 0 aliphatic rings. The first-order valence-electron chi connectivity index (χ1n) is 12.4. The molecule has 2 N–H and O–H groups in total. The zero-order valence-electron chi connectivity index (χ0n) is 21.6. The molecule has 1 amide bonds. The summed E-state index contributed by atoms with van der Waals surface area (Å²) in [6.45, 7) is 2.51. The lowest BCUT2D eigenvalue weighted by Gasteiger charge is -2.11. The van der Waals surface area contributed by atoms with E-state index in [2.05, 4.69) is 30.7 Å². The molecule has 0 bridgehead atoms. The third-order valence-electron chi connectivity index (χ3n) is 6.34. The highest BCUT2D eigenvalue weighted by Crippen LogP contribution is 2.31. The summed E-state index contributed by atoms with van der Waals surface area (Å²) >= 11 is 6.05. The number of halogens is 4. The van der Waals surface area contributed by atoms with E-state index in [1.54, 1.807) is 28.9 Å². The minimum atomic E-state index is -4.78. The first kappa shape index (κ1) is 27.8. The molecule has 0 aliphatic heterocycles. The molecular weight excluding hydrogens is 559 g/mol. The normalized spacial score (nSPS) is 12.2. The second kappa shape index (κ2) is 11.8. The van der Waals surface area contributed by atoms with Gasteiger partial charge in [0.2, 0.25) is 0 Å². The van der Waals surface area contributed by atoms with E-state index in [9.17, 15) is 18.0 Å². The fourth-order valence-electron chi connectivity index (χ4n) is 4.20. The quantitative estimate of drug-likeness (QED) is 0.229. The minimum Gasteiger partial charge on any atom is -0.406 e. The highest BCUT2D eigenvalue weighted by atomic mass is 35.5. The number of aromatic nitrogens is 6. The number of carbonyl (C=O) groups is 1. The van der Waals surface area contributed by atoms with E-state index in [0.29, 0.717) is 34.2 Å². The third kappa shape index (κ3) is 7.09. The van der Waals surface area contributed by atoms with Crippen LogP contribution in [0.2, 0.25) is 5.02 Å². The molecule has 0 radical (unpaired) electrons. The predicted octanol–water partition coefficient (Wildman–Crippen LogP) is 5.75. The molecule has 5 rings (SSSR count). The monoisotopic (exact) mass is 581 g/mol. The van der Waals surface area contributed by atoms with Gasteiger partial charge in [0.25, 0.3) is 5.91 Å². The SMILES string of the molecule is CC(c1ccc(Cl)cc1)c1cc(-c2ccc(OC(F)(F)F)cc2)n(Cc2ccc(C(=O)NCc3nn[nH]n3)cc2)n1. The summed E-state index contributed by atoms with van der Waals surface area (Å²) in [6.07, 6.45) is -4.78. The van der Waals surface area contributed by atoms with Gasteiger partial charge in [0.1, 0.15) is 5.75 Å². The van der Waals surface area contributed by atoms with Crippen molar-refractivity contribution >= 4 is 17.5 Å². The second-order valence-corrected chi connectivity index (χ2v) is 9.60. The fraction of sp³-hybridized carbons (Fsp3) is 0.179. The topological polar surface area (TPSA) is 111 Å². The molecular formula is C28H23ClF3N7O2. The number of carbonyl (C=O) groups excluding carboxylic acids is 1. The van der Waals surface area contributed by atoms with Crippen LogP contribution in [0.3, 0.4) is 0 Å². The van der Waals surface area contributed by atoms with Gasteiger partial charge in [0.15, 0.2) is 5.82 Å². The van der Waals surface area contributed by atoms with Crippen LogP contribution in [-0.2, 0) is 13.1 Å². The maximum Gasteiger partial charge on any atom is 0.573 e. The molecule has 13 heteroatoms. The van der Waals surface area contributed by atoms with Crippen LogP contribution in [0.4, 0.5) is 13.2 Å². The van der Waals surface area contributed by atoms with Crippen molar-refractivity contribution in [2.24, 2.45) is 0 Å². The number of benzene rings is 3. The van der Waals surface area contributed by atoms with Crippen molar-refractivity contribution in [2.75, 3.05) is 0 Å². The Morgan fingerprint density at radius 2 is 1.76 bits per heavy atom. The summed E-state index contributed by atoms with van der Waals surface area (Å²) in [5.74, 6) is -0.315. The Morgan fingerprint density at radius 3 is 2.39 bits per heavy atom. The van der Waals surface area contributed by atoms with Crippen molar-refractivity contribution < 1.29 is 22.7 Å². The van der Waals surface area contributed by atoms with Crippen molar-refractivity contribution in [1.82, 2.24) is 35.7 Å². The smallest absolute Gasteiger partial charge is 0.406 e. The summed E-state index contributed by atoms with van der Waals surface area (Å²) in [7, 11) is 0. The van der Waals surface area contributed by atoms with Gasteiger partial charge in [-0.25, -0.2) is 0 Å². The molecule has 0 aliphatic carbocycles. The molecule has 210 valence electrons. The summed E-state index contributed by atoms with van der Waals surface area (Å²) in [6, 6.07) is 22.1. The highest BCUT2D eigenvalue weighted by molar-refractivity contribution is 6.30.